The summed E-state index contributed by atoms with van der Waals surface area (Å²) in [6.07, 6.45) is 0. The lowest BCUT2D eigenvalue weighted by Crippen LogP contribution is -1.43. The van der Waals surface area contributed by atoms with Gasteiger partial charge in [0.25, 0.3) is 0 Å². The van der Waals surface area contributed by atoms with Crippen molar-refractivity contribution in [3.05, 3.63) is 0 Å². The molecule has 0 aromatic heterocycles. The van der Waals surface area contributed by atoms with Gasteiger partial charge in [0.15, 0.2) is 0 Å². The summed E-state index contributed by atoms with van der Waals surface area (Å²) in [6.45, 7) is 0.211. The first-order valence-electron chi connectivity index (χ1n) is 2.54. The van der Waals surface area contributed by atoms with Gasteiger partial charge in [-0.1, -0.05) is 0 Å². The summed E-state index contributed by atoms with van der Waals surface area (Å²) in [5.74, 6) is 0. The van der Waals surface area contributed by atoms with Crippen LogP contribution in [0.15, 0.2) is 0 Å². The summed E-state index contributed by atoms with van der Waals surface area (Å²) < 4.78 is 0. The van der Waals surface area contributed by atoms with Crippen LogP contribution < -0.4 is 0 Å². The van der Waals surface area contributed by atoms with Crippen LogP contribution >= 0.6 is 97.4 Å². The minimum absolute atomic E-state index is 0.00412. The van der Waals surface area contributed by atoms with Gasteiger partial charge in [-0.05, 0) is 21.0 Å². The van der Waals surface area contributed by atoms with Gasteiger partial charge >= 0.3 is 0 Å². The van der Waals surface area contributed by atoms with Crippen molar-refractivity contribution in [3.63, 3.8) is 0 Å². The first-order valence-corrected chi connectivity index (χ1v) is 22.8. The number of hydrogen-bond acceptors (Lipinski definition) is 0. The molecule has 0 aliphatic rings. The van der Waals surface area contributed by atoms with Gasteiger partial charge in [-0.25, -0.2) is 6.99 Å². The van der Waals surface area contributed by atoms with Crippen molar-refractivity contribution in [2.75, 3.05) is 0 Å². The van der Waals surface area contributed by atoms with E-state index in [-0.39, 0.29) is 34.9 Å². The Balaban J connectivity index is 4.30. The third kappa shape index (κ3) is 6.79. The van der Waals surface area contributed by atoms with Gasteiger partial charge in [0, 0.05) is 0 Å². The van der Waals surface area contributed by atoms with Gasteiger partial charge in [0.2, 0.25) is 0 Å². The van der Waals surface area contributed by atoms with Crippen LogP contribution in [-0.4, -0.2) is 0 Å². The van der Waals surface area contributed by atoms with Crippen molar-refractivity contribution in [1.82, 2.24) is 0 Å². The lowest BCUT2D eigenvalue weighted by Gasteiger charge is -2.45. The first kappa shape index (κ1) is 17.2. The second-order valence-corrected chi connectivity index (χ2v) is 44.9. The van der Waals surface area contributed by atoms with E-state index in [1.54, 1.807) is 0 Å². The predicted molar refractivity (Wildman–Crippen MR) is 99.8 cm³/mol. The second kappa shape index (κ2) is 9.14. The van der Waals surface area contributed by atoms with Gasteiger partial charge in [0.05, 0.1) is 0 Å². The zero-order chi connectivity index (χ0) is 9.89. The molecular formula is H12P12-2. The Hall–Kier alpha value is 5.16. The number of rotatable bonds is 4. The van der Waals surface area contributed by atoms with Crippen molar-refractivity contribution in [3.8, 4) is 0 Å². The highest BCUT2D eigenvalue weighted by Crippen LogP contribution is 3.16. The van der Waals surface area contributed by atoms with E-state index >= 15 is 0 Å². The monoisotopic (exact) mass is 384 g/mol. The van der Waals surface area contributed by atoms with Crippen LogP contribution in [0.1, 0.15) is 0 Å². The molecular weight excluding hydrogens is 372 g/mol. The molecule has 0 bridgehead atoms. The zero-order valence-corrected chi connectivity index (χ0v) is 18.4. The molecule has 0 radical (unpaired) electrons. The Bertz CT molecular complexity index is 103. The molecule has 7 atom stereocenters. The van der Waals surface area contributed by atoms with E-state index < -0.39 is 0 Å². The summed E-state index contributed by atoms with van der Waals surface area (Å²) in [7, 11) is 22.4. The minimum Gasteiger partial charge on any atom is -0.519 e. The van der Waals surface area contributed by atoms with Crippen LogP contribution in [-0.2, 0) is 0 Å². The molecule has 0 aliphatic carbocycles. The van der Waals surface area contributed by atoms with Crippen LogP contribution in [0.25, 0.3) is 0 Å². The van der Waals surface area contributed by atoms with Crippen molar-refractivity contribution >= 4 is 97.4 Å². The summed E-state index contributed by atoms with van der Waals surface area (Å²) >= 11 is 0. The van der Waals surface area contributed by atoms with Crippen molar-refractivity contribution < 1.29 is 0 Å². The van der Waals surface area contributed by atoms with Crippen molar-refractivity contribution in [2.45, 2.75) is 0 Å². The maximum atomic E-state index is 3.89. The topological polar surface area (TPSA) is 0 Å². The SMILES string of the molecule is [PH-]P(P)P([PH-])P(P(P)P)P(P)P. The molecule has 0 nitrogen and oxygen atoms in total. The molecule has 0 rings (SSSR count). The summed E-state index contributed by atoms with van der Waals surface area (Å²) in [5, 5.41) is 0. The van der Waals surface area contributed by atoms with Crippen molar-refractivity contribution in [2.24, 2.45) is 0 Å². The standard InChI is InChI=1S/H12P12/c1-8(2)11(7)12(9(3)4)10(5)6/h1,7H,2-6H2/q-2. The minimum atomic E-state index is -0.0574. The van der Waals surface area contributed by atoms with E-state index in [1.807, 2.05) is 0 Å². The maximum absolute atomic E-state index is 3.89. The normalized spacial score (nSPS) is 17.5. The molecule has 0 aliphatic heterocycles. The van der Waals surface area contributed by atoms with Crippen molar-refractivity contribution in [1.29, 1.82) is 0 Å². The average Bonchev–Trinajstić information content (AvgIpc) is 1.85. The fourth-order valence-electron chi connectivity index (χ4n) is 0.401. The molecule has 12 heavy (non-hydrogen) atoms. The van der Waals surface area contributed by atoms with Gasteiger partial charge in [-0.3, -0.25) is 6.99 Å². The van der Waals surface area contributed by atoms with E-state index in [4.69, 9.17) is 0 Å². The summed E-state index contributed by atoms with van der Waals surface area (Å²) in [4.78, 5) is 0. The van der Waals surface area contributed by atoms with E-state index in [1.165, 1.54) is 0 Å². The lowest BCUT2D eigenvalue weighted by molar-refractivity contribution is 4.63. The fraction of sp³-hybridized carbons (Fsp3) is 0. The molecule has 12 heteroatoms. The van der Waals surface area contributed by atoms with Crippen LogP contribution in [0.2, 0.25) is 0 Å². The molecule has 0 aromatic carbocycles. The third-order valence-electron chi connectivity index (χ3n) is 0.787. The molecule has 0 saturated carbocycles. The first-order chi connectivity index (χ1) is 5.37. The van der Waals surface area contributed by atoms with E-state index in [9.17, 15) is 0 Å². The highest BCUT2D eigenvalue weighted by Gasteiger charge is 2.18. The Morgan fingerprint density at radius 1 is 0.750 bits per heavy atom. The lowest BCUT2D eigenvalue weighted by atomic mass is 28.7. The summed E-state index contributed by atoms with van der Waals surface area (Å²) in [6, 6.07) is 0. The average molecular weight is 384 g/mol. The quantitative estimate of drug-likeness (QED) is 0.453. The smallest absolute Gasteiger partial charge is 0.0362 e. The molecule has 0 heterocycles. The van der Waals surface area contributed by atoms with Gasteiger partial charge in [-0.15, -0.1) is 44.6 Å². The number of hydrogen-bond donors (Lipinski definition) is 0. The maximum Gasteiger partial charge on any atom is -0.0362 e. The predicted octanol–water partition coefficient (Wildman–Crippen LogP) is 7.12. The van der Waals surface area contributed by atoms with Crippen LogP contribution in [0.4, 0.5) is 0 Å². The molecule has 0 amide bonds. The van der Waals surface area contributed by atoms with Crippen LogP contribution in [0, 0.1) is 0 Å². The highest BCUT2D eigenvalue weighted by molar-refractivity contribution is 9.21. The molecule has 0 fully saturated rings. The van der Waals surface area contributed by atoms with Gasteiger partial charge in [0.1, 0.15) is 0 Å². The Morgan fingerprint density at radius 2 is 1.08 bits per heavy atom. The van der Waals surface area contributed by atoms with Gasteiger partial charge < -0.3 is 17.9 Å². The van der Waals surface area contributed by atoms with Crippen LogP contribution in [0.5, 0.6) is 0 Å². The highest BCUT2D eigenvalue weighted by atomic mass is 33.3. The van der Waals surface area contributed by atoms with Crippen LogP contribution in [0.3, 0.4) is 0 Å². The molecule has 0 N–H and O–H groups in total. The summed E-state index contributed by atoms with van der Waals surface area (Å²) in [5.41, 5.74) is 0. The zero-order valence-electron chi connectivity index (χ0n) is 6.12. The molecule has 0 saturated heterocycles. The molecule has 0 aromatic rings. The largest absolute Gasteiger partial charge is 0.519 e. The second-order valence-electron chi connectivity index (χ2n) is 1.66. The molecule has 0 spiro atoms. The third-order valence-corrected chi connectivity index (χ3v) is 63.7. The van der Waals surface area contributed by atoms with E-state index in [0.29, 0.717) is 0 Å². The Morgan fingerprint density at radius 3 is 1.17 bits per heavy atom. The van der Waals surface area contributed by atoms with Gasteiger partial charge in [-0.2, -0.15) is 0 Å². The Kier molecular flexibility index (Phi) is 13.1. The van der Waals surface area contributed by atoms with E-state index in [2.05, 4.69) is 62.5 Å². The fourth-order valence-corrected chi connectivity index (χ4v) is 97.5. The molecule has 74 valence electrons. The Labute approximate surface area is 97.0 Å². The molecule has 7 unspecified atom stereocenters. The van der Waals surface area contributed by atoms with E-state index in [0.717, 1.165) is 0 Å².